The van der Waals surface area contributed by atoms with E-state index in [9.17, 15) is 19.7 Å². The highest BCUT2D eigenvalue weighted by Crippen LogP contribution is 2.18. The summed E-state index contributed by atoms with van der Waals surface area (Å²) in [7, 11) is 0. The molecule has 0 spiro atoms. The summed E-state index contributed by atoms with van der Waals surface area (Å²) in [4.78, 5) is 38.2. The number of nitrogens with zero attached hydrogens (tertiary/aromatic N) is 3. The van der Waals surface area contributed by atoms with Crippen molar-refractivity contribution < 1.29 is 14.5 Å². The highest BCUT2D eigenvalue weighted by molar-refractivity contribution is 6.00. The van der Waals surface area contributed by atoms with Crippen molar-refractivity contribution in [3.63, 3.8) is 0 Å². The molecule has 1 aliphatic rings. The van der Waals surface area contributed by atoms with Gasteiger partial charge in [0.05, 0.1) is 17.0 Å². The predicted octanol–water partition coefficient (Wildman–Crippen LogP) is -0.856. The summed E-state index contributed by atoms with van der Waals surface area (Å²) in [5.74, 6) is -0.915. The predicted molar refractivity (Wildman–Crippen MR) is 64.2 cm³/mol. The van der Waals surface area contributed by atoms with Crippen molar-refractivity contribution in [1.29, 1.82) is 0 Å². The van der Waals surface area contributed by atoms with Gasteiger partial charge in [-0.1, -0.05) is 0 Å². The first-order valence-corrected chi connectivity index (χ1v) is 5.45. The number of pyridine rings is 1. The van der Waals surface area contributed by atoms with Crippen molar-refractivity contribution in [3.8, 4) is 0 Å². The van der Waals surface area contributed by atoms with Crippen LogP contribution in [0.3, 0.4) is 0 Å². The number of nitrogen functional groups attached to an aromatic ring is 1. The monoisotopic (exact) mass is 265 g/mol. The third-order valence-corrected chi connectivity index (χ3v) is 2.67. The molecular weight excluding hydrogens is 254 g/mol. The summed E-state index contributed by atoms with van der Waals surface area (Å²) in [5, 5.41) is 13.2. The van der Waals surface area contributed by atoms with Crippen molar-refractivity contribution in [2.45, 2.75) is 0 Å². The molecule has 0 bridgehead atoms. The van der Waals surface area contributed by atoms with E-state index in [2.05, 4.69) is 10.3 Å². The molecule has 1 aromatic heterocycles. The van der Waals surface area contributed by atoms with Gasteiger partial charge in [0, 0.05) is 19.2 Å². The third-order valence-electron chi connectivity index (χ3n) is 2.67. The van der Waals surface area contributed by atoms with E-state index < -0.39 is 10.8 Å². The average Bonchev–Trinajstić information content (AvgIpc) is 2.38. The molecule has 0 unspecified atom stereocenters. The van der Waals surface area contributed by atoms with Gasteiger partial charge in [-0.05, 0) is 0 Å². The van der Waals surface area contributed by atoms with Gasteiger partial charge in [0.25, 0.3) is 11.6 Å². The number of hydrogen-bond donors (Lipinski definition) is 2. The smallest absolute Gasteiger partial charge is 0.288 e. The molecule has 1 aliphatic heterocycles. The maximum atomic E-state index is 12.1. The summed E-state index contributed by atoms with van der Waals surface area (Å²) < 4.78 is 0. The molecule has 1 fully saturated rings. The minimum absolute atomic E-state index is 0.0658. The Hall–Kier alpha value is -2.71. The van der Waals surface area contributed by atoms with E-state index in [1.54, 1.807) is 0 Å². The number of piperazine rings is 1. The Balaban J connectivity index is 2.29. The first-order valence-electron chi connectivity index (χ1n) is 5.45. The van der Waals surface area contributed by atoms with Crippen LogP contribution in [0, 0.1) is 10.1 Å². The summed E-state index contributed by atoms with van der Waals surface area (Å²) in [6, 6.07) is 1.07. The number of carbonyl (C=O) groups excluding carboxylic acids is 2. The quantitative estimate of drug-likeness (QED) is 0.528. The van der Waals surface area contributed by atoms with Gasteiger partial charge in [-0.15, -0.1) is 0 Å². The average molecular weight is 265 g/mol. The Morgan fingerprint density at radius 2 is 2.32 bits per heavy atom. The second kappa shape index (κ2) is 4.88. The fourth-order valence-corrected chi connectivity index (χ4v) is 1.72. The first kappa shape index (κ1) is 12.7. The molecule has 9 heteroatoms. The van der Waals surface area contributed by atoms with Crippen LogP contribution in [0.1, 0.15) is 10.4 Å². The van der Waals surface area contributed by atoms with E-state index in [0.29, 0.717) is 13.1 Å². The van der Waals surface area contributed by atoms with Gasteiger partial charge in [-0.3, -0.25) is 19.7 Å². The van der Waals surface area contributed by atoms with Gasteiger partial charge in [-0.2, -0.15) is 0 Å². The van der Waals surface area contributed by atoms with Crippen LogP contribution in [0.15, 0.2) is 12.3 Å². The molecule has 2 heterocycles. The summed E-state index contributed by atoms with van der Waals surface area (Å²) in [5.41, 5.74) is 5.16. The number of carbonyl (C=O) groups is 2. The number of anilines is 1. The molecule has 19 heavy (non-hydrogen) atoms. The minimum atomic E-state index is -0.661. The van der Waals surface area contributed by atoms with Crippen molar-refractivity contribution >= 4 is 23.3 Å². The van der Waals surface area contributed by atoms with Crippen LogP contribution in [-0.2, 0) is 4.79 Å². The maximum absolute atomic E-state index is 12.1. The zero-order valence-corrected chi connectivity index (χ0v) is 9.83. The number of rotatable bonds is 2. The lowest BCUT2D eigenvalue weighted by Gasteiger charge is -2.26. The van der Waals surface area contributed by atoms with Gasteiger partial charge < -0.3 is 16.0 Å². The normalized spacial score (nSPS) is 14.9. The summed E-state index contributed by atoms with van der Waals surface area (Å²) in [6.45, 7) is 0.570. The molecular formula is C10H11N5O4. The van der Waals surface area contributed by atoms with Crippen LogP contribution in [-0.4, -0.2) is 46.3 Å². The Morgan fingerprint density at radius 3 is 2.95 bits per heavy atom. The molecule has 2 rings (SSSR count). The van der Waals surface area contributed by atoms with Gasteiger partial charge in [0.15, 0.2) is 0 Å². The molecule has 2 amide bonds. The van der Waals surface area contributed by atoms with Crippen molar-refractivity contribution in [2.24, 2.45) is 0 Å². The molecule has 9 nitrogen and oxygen atoms in total. The molecule has 0 saturated carbocycles. The fourth-order valence-electron chi connectivity index (χ4n) is 1.72. The van der Waals surface area contributed by atoms with Gasteiger partial charge in [0.1, 0.15) is 12.0 Å². The summed E-state index contributed by atoms with van der Waals surface area (Å²) in [6.07, 6.45) is 0.981. The highest BCUT2D eigenvalue weighted by Gasteiger charge is 2.25. The number of amides is 2. The fraction of sp³-hybridized carbons (Fsp3) is 0.300. The molecule has 0 radical (unpaired) electrons. The number of nitrogens with one attached hydrogen (secondary N) is 1. The Bertz CT molecular complexity index is 559. The topological polar surface area (TPSA) is 131 Å². The standard InChI is InChI=1S/C10H11N5O4/c11-9-7(3-6(4-13-9)15(18)19)10(17)14-2-1-12-8(16)5-14/h3-4H,1-2,5H2,(H2,11,13)(H,12,16). The molecule has 0 aromatic carbocycles. The molecule has 100 valence electrons. The van der Waals surface area contributed by atoms with E-state index in [1.807, 2.05) is 0 Å². The van der Waals surface area contributed by atoms with E-state index in [-0.39, 0.29) is 29.5 Å². The first-order chi connectivity index (χ1) is 8.99. The van der Waals surface area contributed by atoms with Crippen LogP contribution >= 0.6 is 0 Å². The molecule has 3 N–H and O–H groups in total. The van der Waals surface area contributed by atoms with Gasteiger partial charge >= 0.3 is 0 Å². The molecule has 0 aliphatic carbocycles. The summed E-state index contributed by atoms with van der Waals surface area (Å²) >= 11 is 0. The SMILES string of the molecule is Nc1ncc([N+](=O)[O-])cc1C(=O)N1CCNC(=O)C1. The van der Waals surface area contributed by atoms with Crippen LogP contribution in [0.5, 0.6) is 0 Å². The molecule has 1 aromatic rings. The van der Waals surface area contributed by atoms with Crippen LogP contribution < -0.4 is 11.1 Å². The molecule has 1 saturated heterocycles. The molecule has 0 atom stereocenters. The maximum Gasteiger partial charge on any atom is 0.288 e. The van der Waals surface area contributed by atoms with Crippen molar-refractivity contribution in [1.82, 2.24) is 15.2 Å². The van der Waals surface area contributed by atoms with Gasteiger partial charge in [-0.25, -0.2) is 4.98 Å². The number of hydrogen-bond acceptors (Lipinski definition) is 6. The lowest BCUT2D eigenvalue weighted by molar-refractivity contribution is -0.385. The Kier molecular flexibility index (Phi) is 3.27. The second-order valence-corrected chi connectivity index (χ2v) is 3.96. The van der Waals surface area contributed by atoms with Gasteiger partial charge in [0.2, 0.25) is 5.91 Å². The van der Waals surface area contributed by atoms with Crippen molar-refractivity contribution in [3.05, 3.63) is 27.9 Å². The highest BCUT2D eigenvalue weighted by atomic mass is 16.6. The third kappa shape index (κ3) is 2.59. The second-order valence-electron chi connectivity index (χ2n) is 3.96. The zero-order chi connectivity index (χ0) is 14.0. The van der Waals surface area contributed by atoms with Crippen molar-refractivity contribution in [2.75, 3.05) is 25.4 Å². The number of nitrogens with two attached hydrogens (primary N) is 1. The lowest BCUT2D eigenvalue weighted by Crippen LogP contribution is -2.50. The van der Waals surface area contributed by atoms with Crippen LogP contribution in [0.2, 0.25) is 0 Å². The van der Waals surface area contributed by atoms with Crippen LogP contribution in [0.25, 0.3) is 0 Å². The minimum Gasteiger partial charge on any atom is -0.383 e. The van der Waals surface area contributed by atoms with E-state index in [1.165, 1.54) is 4.90 Å². The number of aromatic nitrogens is 1. The Morgan fingerprint density at radius 1 is 1.58 bits per heavy atom. The largest absolute Gasteiger partial charge is 0.383 e. The van der Waals surface area contributed by atoms with Crippen LogP contribution in [0.4, 0.5) is 11.5 Å². The Labute approximate surface area is 107 Å². The van der Waals surface area contributed by atoms with E-state index >= 15 is 0 Å². The zero-order valence-electron chi connectivity index (χ0n) is 9.83. The lowest BCUT2D eigenvalue weighted by atomic mass is 10.2. The number of nitro groups is 1. The van der Waals surface area contributed by atoms with E-state index in [4.69, 9.17) is 5.73 Å². The van der Waals surface area contributed by atoms with E-state index in [0.717, 1.165) is 12.3 Å².